The minimum atomic E-state index is -0.790. The quantitative estimate of drug-likeness (QED) is 0.0262. The lowest BCUT2D eigenvalue weighted by molar-refractivity contribution is -0.167. The first-order chi connectivity index (χ1) is 31.5. The number of carbonyl (C=O) groups is 3. The lowest BCUT2D eigenvalue weighted by atomic mass is 10.0. The number of hydrogen-bond acceptors (Lipinski definition) is 6. The third-order valence-electron chi connectivity index (χ3n) is 11.8. The van der Waals surface area contributed by atoms with E-state index < -0.39 is 6.10 Å². The van der Waals surface area contributed by atoms with Crippen LogP contribution in [0.3, 0.4) is 0 Å². The molecule has 1 atom stereocenters. The SMILES string of the molecule is CC/C=C\C/C=C\C/C=C\C/C=C\CCCCCC(=O)OC(COC(=O)CCCCCCCCC/C=C\CCCCCCCC)COC(=O)CCCCCCCCCCCCCCC. The van der Waals surface area contributed by atoms with Gasteiger partial charge in [-0.15, -0.1) is 0 Å². The second-order valence-electron chi connectivity index (χ2n) is 18.1. The third-order valence-corrected chi connectivity index (χ3v) is 11.8. The third kappa shape index (κ3) is 50.1. The summed E-state index contributed by atoms with van der Waals surface area (Å²) in [7, 11) is 0. The van der Waals surface area contributed by atoms with Crippen molar-refractivity contribution in [3.05, 3.63) is 60.8 Å². The van der Waals surface area contributed by atoms with Gasteiger partial charge in [-0.1, -0.05) is 229 Å². The summed E-state index contributed by atoms with van der Waals surface area (Å²) < 4.78 is 16.8. The van der Waals surface area contributed by atoms with Gasteiger partial charge < -0.3 is 14.2 Å². The molecule has 0 rings (SSSR count). The van der Waals surface area contributed by atoms with Crippen LogP contribution < -0.4 is 0 Å². The second-order valence-corrected chi connectivity index (χ2v) is 18.1. The van der Waals surface area contributed by atoms with E-state index in [1.54, 1.807) is 0 Å². The molecule has 0 amide bonds. The van der Waals surface area contributed by atoms with Crippen molar-refractivity contribution >= 4 is 17.9 Å². The van der Waals surface area contributed by atoms with E-state index in [0.29, 0.717) is 19.3 Å². The minimum Gasteiger partial charge on any atom is -0.462 e. The van der Waals surface area contributed by atoms with E-state index in [9.17, 15) is 14.4 Å². The molecular formula is C58H102O6. The smallest absolute Gasteiger partial charge is 0.306 e. The maximum absolute atomic E-state index is 12.8. The molecule has 0 saturated carbocycles. The van der Waals surface area contributed by atoms with Crippen molar-refractivity contribution in [3.63, 3.8) is 0 Å². The van der Waals surface area contributed by atoms with E-state index in [-0.39, 0.29) is 31.1 Å². The molecule has 0 fully saturated rings. The van der Waals surface area contributed by atoms with Gasteiger partial charge in [0.25, 0.3) is 0 Å². The Labute approximate surface area is 396 Å². The number of esters is 3. The van der Waals surface area contributed by atoms with E-state index >= 15 is 0 Å². The first-order valence-electron chi connectivity index (χ1n) is 27.3. The molecule has 0 saturated heterocycles. The fourth-order valence-electron chi connectivity index (χ4n) is 7.66. The molecule has 0 aliphatic carbocycles. The number of carbonyl (C=O) groups excluding carboxylic acids is 3. The van der Waals surface area contributed by atoms with Crippen LogP contribution in [0.5, 0.6) is 0 Å². The average molecular weight is 895 g/mol. The van der Waals surface area contributed by atoms with Crippen molar-refractivity contribution in [2.45, 2.75) is 277 Å². The zero-order chi connectivity index (χ0) is 46.5. The maximum atomic E-state index is 12.8. The highest BCUT2D eigenvalue weighted by atomic mass is 16.6. The number of unbranched alkanes of at least 4 members (excludes halogenated alkanes) is 28. The van der Waals surface area contributed by atoms with Crippen LogP contribution in [-0.2, 0) is 28.6 Å². The highest BCUT2D eigenvalue weighted by molar-refractivity contribution is 5.71. The van der Waals surface area contributed by atoms with Gasteiger partial charge in [-0.2, -0.15) is 0 Å². The molecule has 0 N–H and O–H groups in total. The van der Waals surface area contributed by atoms with Crippen LogP contribution in [0.2, 0.25) is 0 Å². The Hall–Kier alpha value is -2.89. The van der Waals surface area contributed by atoms with Gasteiger partial charge in [0.2, 0.25) is 0 Å². The van der Waals surface area contributed by atoms with Gasteiger partial charge in [-0.25, -0.2) is 0 Å². The highest BCUT2D eigenvalue weighted by Crippen LogP contribution is 2.15. The summed E-state index contributed by atoms with van der Waals surface area (Å²) in [6, 6.07) is 0. The molecule has 0 bridgehead atoms. The molecule has 64 heavy (non-hydrogen) atoms. The average Bonchev–Trinajstić information content (AvgIpc) is 3.29. The Kier molecular flexibility index (Phi) is 50.4. The predicted molar refractivity (Wildman–Crippen MR) is 275 cm³/mol. The lowest BCUT2D eigenvalue weighted by Gasteiger charge is -2.18. The summed E-state index contributed by atoms with van der Waals surface area (Å²) in [4.78, 5) is 38.0. The summed E-state index contributed by atoms with van der Waals surface area (Å²) in [5.41, 5.74) is 0. The molecular weight excluding hydrogens is 793 g/mol. The Morgan fingerprint density at radius 1 is 0.328 bits per heavy atom. The molecule has 0 aliphatic heterocycles. The number of rotatable bonds is 49. The van der Waals surface area contributed by atoms with Gasteiger partial charge in [0.1, 0.15) is 13.2 Å². The topological polar surface area (TPSA) is 78.9 Å². The number of hydrogen-bond donors (Lipinski definition) is 0. The van der Waals surface area contributed by atoms with E-state index in [2.05, 4.69) is 81.5 Å². The Balaban J connectivity index is 4.42. The zero-order valence-electron chi connectivity index (χ0n) is 42.3. The largest absolute Gasteiger partial charge is 0.462 e. The van der Waals surface area contributed by atoms with E-state index in [0.717, 1.165) is 89.9 Å². The van der Waals surface area contributed by atoms with Crippen molar-refractivity contribution in [3.8, 4) is 0 Å². The molecule has 0 aromatic carbocycles. The summed E-state index contributed by atoms with van der Waals surface area (Å²) in [5, 5.41) is 0. The van der Waals surface area contributed by atoms with Gasteiger partial charge in [-0.05, 0) is 83.5 Å². The van der Waals surface area contributed by atoms with Gasteiger partial charge >= 0.3 is 17.9 Å². The Morgan fingerprint density at radius 2 is 0.609 bits per heavy atom. The summed E-state index contributed by atoms with van der Waals surface area (Å²) in [6.07, 6.45) is 64.9. The summed E-state index contributed by atoms with van der Waals surface area (Å²) >= 11 is 0. The van der Waals surface area contributed by atoms with Gasteiger partial charge in [0.15, 0.2) is 6.10 Å². The van der Waals surface area contributed by atoms with E-state index in [1.165, 1.54) is 141 Å². The van der Waals surface area contributed by atoms with Crippen LogP contribution in [0.1, 0.15) is 271 Å². The minimum absolute atomic E-state index is 0.0863. The fourth-order valence-corrected chi connectivity index (χ4v) is 7.66. The fraction of sp³-hybridized carbons (Fsp3) is 0.776. The van der Waals surface area contributed by atoms with Crippen LogP contribution in [0.4, 0.5) is 0 Å². The van der Waals surface area contributed by atoms with Crippen molar-refractivity contribution in [2.75, 3.05) is 13.2 Å². The van der Waals surface area contributed by atoms with Crippen LogP contribution in [0, 0.1) is 0 Å². The molecule has 6 nitrogen and oxygen atoms in total. The molecule has 0 aromatic rings. The van der Waals surface area contributed by atoms with Crippen molar-refractivity contribution in [1.82, 2.24) is 0 Å². The predicted octanol–water partition coefficient (Wildman–Crippen LogP) is 18.0. The van der Waals surface area contributed by atoms with Crippen molar-refractivity contribution in [2.24, 2.45) is 0 Å². The molecule has 0 heterocycles. The number of ether oxygens (including phenoxy) is 3. The molecule has 0 aromatic heterocycles. The lowest BCUT2D eigenvalue weighted by Crippen LogP contribution is -2.30. The van der Waals surface area contributed by atoms with Gasteiger partial charge in [0, 0.05) is 19.3 Å². The van der Waals surface area contributed by atoms with Crippen LogP contribution in [0.25, 0.3) is 0 Å². The first-order valence-corrected chi connectivity index (χ1v) is 27.3. The molecule has 0 spiro atoms. The monoisotopic (exact) mass is 895 g/mol. The summed E-state index contributed by atoms with van der Waals surface area (Å²) in [5.74, 6) is -0.914. The van der Waals surface area contributed by atoms with Crippen molar-refractivity contribution < 1.29 is 28.6 Å². The zero-order valence-corrected chi connectivity index (χ0v) is 42.3. The maximum Gasteiger partial charge on any atom is 0.306 e. The Morgan fingerprint density at radius 3 is 0.984 bits per heavy atom. The Bertz CT molecular complexity index is 1170. The second kappa shape index (κ2) is 52.7. The first kappa shape index (κ1) is 61.1. The molecule has 370 valence electrons. The van der Waals surface area contributed by atoms with Crippen LogP contribution >= 0.6 is 0 Å². The van der Waals surface area contributed by atoms with Gasteiger partial charge in [-0.3, -0.25) is 14.4 Å². The van der Waals surface area contributed by atoms with Gasteiger partial charge in [0.05, 0.1) is 0 Å². The number of allylic oxidation sites excluding steroid dienone is 10. The highest BCUT2D eigenvalue weighted by Gasteiger charge is 2.19. The summed E-state index contributed by atoms with van der Waals surface area (Å²) in [6.45, 7) is 6.51. The van der Waals surface area contributed by atoms with E-state index in [4.69, 9.17) is 14.2 Å². The van der Waals surface area contributed by atoms with Crippen LogP contribution in [0.15, 0.2) is 60.8 Å². The molecule has 0 aliphatic rings. The molecule has 1 unspecified atom stereocenters. The standard InChI is InChI=1S/C58H102O6/c1-4-7-10-13-16-19-22-25-27-29-31-33-36-39-42-45-48-51-57(60)63-54-55(53-62-56(59)50-47-44-41-38-35-32-24-21-18-15-12-9-6-3)64-58(61)52-49-46-43-40-37-34-30-28-26-23-20-17-14-11-8-5-2/h8,11,17,20,25-28,34,37,55H,4-7,9-10,12-16,18-19,21-24,29-33,35-36,38-54H2,1-3H3/b11-8-,20-17-,27-25-,28-26-,37-34-. The molecule has 6 heteroatoms. The van der Waals surface area contributed by atoms with Crippen LogP contribution in [-0.4, -0.2) is 37.2 Å². The van der Waals surface area contributed by atoms with Crippen molar-refractivity contribution in [1.29, 1.82) is 0 Å². The van der Waals surface area contributed by atoms with E-state index in [1.807, 2.05) is 0 Å². The molecule has 0 radical (unpaired) electrons. The normalized spacial score (nSPS) is 12.5.